The fourth-order valence-corrected chi connectivity index (χ4v) is 4.11. The first-order chi connectivity index (χ1) is 14.6. The number of carbonyl (C=O) groups is 1. The number of carbonyl (C=O) groups excluding carboxylic acids is 1. The van der Waals surface area contributed by atoms with Gasteiger partial charge in [0, 0.05) is 54.8 Å². The lowest BCUT2D eigenvalue weighted by Crippen LogP contribution is -2.49. The van der Waals surface area contributed by atoms with E-state index in [1.54, 1.807) is 12.3 Å². The summed E-state index contributed by atoms with van der Waals surface area (Å²) in [4.78, 5) is 29.3. The molecule has 1 amide bonds. The van der Waals surface area contributed by atoms with Gasteiger partial charge >= 0.3 is 0 Å². The zero-order chi connectivity index (χ0) is 20.9. The van der Waals surface area contributed by atoms with Gasteiger partial charge in [-0.25, -0.2) is 0 Å². The van der Waals surface area contributed by atoms with Crippen LogP contribution in [-0.4, -0.2) is 53.0 Å². The second-order valence-electron chi connectivity index (χ2n) is 7.46. The Morgan fingerprint density at radius 1 is 1.00 bits per heavy atom. The number of amides is 1. The molecule has 0 unspecified atom stereocenters. The van der Waals surface area contributed by atoms with E-state index in [2.05, 4.69) is 45.1 Å². The summed E-state index contributed by atoms with van der Waals surface area (Å²) in [6.07, 6.45) is 6.02. The van der Waals surface area contributed by atoms with E-state index in [0.717, 1.165) is 42.7 Å². The molecule has 1 aliphatic heterocycles. The molecule has 3 aromatic rings. The van der Waals surface area contributed by atoms with Crippen LogP contribution >= 0.6 is 15.9 Å². The first-order valence-electron chi connectivity index (χ1n) is 10.1. The summed E-state index contributed by atoms with van der Waals surface area (Å²) in [5.74, 6) is 0.0855. The summed E-state index contributed by atoms with van der Waals surface area (Å²) >= 11 is 3.41. The molecule has 0 atom stereocenters. The minimum absolute atomic E-state index is 0.0350. The molecule has 0 spiro atoms. The lowest BCUT2D eigenvalue weighted by Gasteiger charge is -2.34. The molecule has 1 aliphatic rings. The van der Waals surface area contributed by atoms with Crippen molar-refractivity contribution in [1.82, 2.24) is 14.4 Å². The van der Waals surface area contributed by atoms with E-state index < -0.39 is 0 Å². The standard InChI is InChI=1S/C24H24BrN3O2/c25-20-8-9-22-21(17-20)23(29)10-12-28(22)18-24(30)27-15-13-26(14-16-27)11-4-7-19-5-2-1-3-6-19/h1-10,12,17H,11,13-16,18H2/b7-4+. The third-order valence-corrected chi connectivity index (χ3v) is 5.94. The average Bonchev–Trinajstić information content (AvgIpc) is 2.77. The fraction of sp³-hybridized carbons (Fsp3) is 0.250. The Bertz CT molecular complexity index is 1120. The van der Waals surface area contributed by atoms with Crippen molar-refractivity contribution < 1.29 is 4.79 Å². The van der Waals surface area contributed by atoms with E-state index in [-0.39, 0.29) is 17.9 Å². The molecule has 154 valence electrons. The predicted molar refractivity (Wildman–Crippen MR) is 124 cm³/mol. The van der Waals surface area contributed by atoms with Crippen LogP contribution in [0.25, 0.3) is 17.0 Å². The summed E-state index contributed by atoms with van der Waals surface area (Å²) in [7, 11) is 0. The van der Waals surface area contributed by atoms with E-state index in [4.69, 9.17) is 0 Å². The van der Waals surface area contributed by atoms with Gasteiger partial charge in [0.1, 0.15) is 6.54 Å². The zero-order valence-corrected chi connectivity index (χ0v) is 18.3. The highest BCUT2D eigenvalue weighted by molar-refractivity contribution is 9.10. The maximum atomic E-state index is 12.9. The van der Waals surface area contributed by atoms with Crippen LogP contribution in [0.3, 0.4) is 0 Å². The molecule has 0 N–H and O–H groups in total. The van der Waals surface area contributed by atoms with Crippen molar-refractivity contribution in [2.45, 2.75) is 6.54 Å². The zero-order valence-electron chi connectivity index (χ0n) is 16.7. The lowest BCUT2D eigenvalue weighted by atomic mass is 10.2. The molecule has 6 heteroatoms. The second kappa shape index (κ2) is 9.41. The molecule has 1 fully saturated rings. The molecule has 2 heterocycles. The topological polar surface area (TPSA) is 45.6 Å². The molecule has 4 rings (SSSR count). The van der Waals surface area contributed by atoms with Crippen molar-refractivity contribution in [3.63, 3.8) is 0 Å². The Morgan fingerprint density at radius 2 is 1.77 bits per heavy atom. The molecule has 1 saturated heterocycles. The van der Waals surface area contributed by atoms with Crippen molar-refractivity contribution in [1.29, 1.82) is 0 Å². The van der Waals surface area contributed by atoms with Gasteiger partial charge in [-0.3, -0.25) is 14.5 Å². The second-order valence-corrected chi connectivity index (χ2v) is 8.38. The van der Waals surface area contributed by atoms with Gasteiger partial charge in [0.15, 0.2) is 5.43 Å². The van der Waals surface area contributed by atoms with Crippen LogP contribution in [0.2, 0.25) is 0 Å². The minimum Gasteiger partial charge on any atom is -0.339 e. The van der Waals surface area contributed by atoms with Gasteiger partial charge in [-0.15, -0.1) is 0 Å². The molecule has 30 heavy (non-hydrogen) atoms. The molecule has 0 saturated carbocycles. The Balaban J connectivity index is 1.34. The summed E-state index contributed by atoms with van der Waals surface area (Å²) < 4.78 is 2.72. The summed E-state index contributed by atoms with van der Waals surface area (Å²) in [6, 6.07) is 17.4. The van der Waals surface area contributed by atoms with Gasteiger partial charge in [0.25, 0.3) is 0 Å². The molecule has 0 aliphatic carbocycles. The number of nitrogens with zero attached hydrogens (tertiary/aromatic N) is 3. The van der Waals surface area contributed by atoms with E-state index in [1.807, 2.05) is 39.8 Å². The third-order valence-electron chi connectivity index (χ3n) is 5.44. The van der Waals surface area contributed by atoms with Crippen LogP contribution in [0.15, 0.2) is 76.1 Å². The number of aromatic nitrogens is 1. The van der Waals surface area contributed by atoms with E-state index in [9.17, 15) is 9.59 Å². The van der Waals surface area contributed by atoms with Gasteiger partial charge in [0.2, 0.25) is 5.91 Å². The lowest BCUT2D eigenvalue weighted by molar-refractivity contribution is -0.133. The van der Waals surface area contributed by atoms with Crippen molar-refractivity contribution in [2.24, 2.45) is 0 Å². The van der Waals surface area contributed by atoms with Crippen molar-refractivity contribution in [3.8, 4) is 0 Å². The van der Waals surface area contributed by atoms with Crippen molar-refractivity contribution in [2.75, 3.05) is 32.7 Å². The van der Waals surface area contributed by atoms with E-state index in [0.29, 0.717) is 5.39 Å². The molecule has 0 bridgehead atoms. The van der Waals surface area contributed by atoms with Crippen LogP contribution in [0.1, 0.15) is 5.56 Å². The number of hydrogen-bond acceptors (Lipinski definition) is 3. The van der Waals surface area contributed by atoms with E-state index >= 15 is 0 Å². The quantitative estimate of drug-likeness (QED) is 0.577. The molecule has 1 aromatic heterocycles. The Hall–Kier alpha value is -2.70. The Kier molecular flexibility index (Phi) is 6.45. The van der Waals surface area contributed by atoms with Crippen molar-refractivity contribution >= 4 is 38.8 Å². The van der Waals surface area contributed by atoms with Gasteiger partial charge in [0.05, 0.1) is 5.52 Å². The largest absolute Gasteiger partial charge is 0.339 e. The number of rotatable bonds is 5. The smallest absolute Gasteiger partial charge is 0.242 e. The average molecular weight is 466 g/mol. The maximum Gasteiger partial charge on any atom is 0.242 e. The normalized spacial score (nSPS) is 15.2. The van der Waals surface area contributed by atoms with Crippen molar-refractivity contribution in [3.05, 3.63) is 87.1 Å². The van der Waals surface area contributed by atoms with Gasteiger partial charge in [-0.05, 0) is 23.8 Å². The monoisotopic (exact) mass is 465 g/mol. The van der Waals surface area contributed by atoms with Gasteiger partial charge in [-0.2, -0.15) is 0 Å². The predicted octanol–water partition coefficient (Wildman–Crippen LogP) is 3.62. The number of benzene rings is 2. The number of fused-ring (bicyclic) bond motifs is 1. The molecule has 2 aromatic carbocycles. The SMILES string of the molecule is O=C(Cn1ccc(=O)c2cc(Br)ccc21)N1CCN(C/C=C/c2ccccc2)CC1. The summed E-state index contributed by atoms with van der Waals surface area (Å²) in [6.45, 7) is 4.30. The van der Waals surface area contributed by atoms with Gasteiger partial charge in [-0.1, -0.05) is 58.4 Å². The van der Waals surface area contributed by atoms with Crippen LogP contribution in [-0.2, 0) is 11.3 Å². The maximum absolute atomic E-state index is 12.9. The Morgan fingerprint density at radius 3 is 2.53 bits per heavy atom. The fourth-order valence-electron chi connectivity index (χ4n) is 3.75. The first kappa shape index (κ1) is 20.6. The van der Waals surface area contributed by atoms with Crippen LogP contribution in [0.5, 0.6) is 0 Å². The number of halogens is 1. The highest BCUT2D eigenvalue weighted by Crippen LogP contribution is 2.17. The molecular weight excluding hydrogens is 442 g/mol. The van der Waals surface area contributed by atoms with Crippen LogP contribution < -0.4 is 5.43 Å². The van der Waals surface area contributed by atoms with Crippen LogP contribution in [0, 0.1) is 0 Å². The molecule has 5 nitrogen and oxygen atoms in total. The third kappa shape index (κ3) is 4.89. The summed E-state index contributed by atoms with van der Waals surface area (Å²) in [5.41, 5.74) is 1.95. The van der Waals surface area contributed by atoms with E-state index in [1.165, 1.54) is 11.6 Å². The number of piperazine rings is 1. The number of hydrogen-bond donors (Lipinski definition) is 0. The summed E-state index contributed by atoms with van der Waals surface area (Å²) in [5, 5.41) is 0.620. The first-order valence-corrected chi connectivity index (χ1v) is 10.9. The molecule has 0 radical (unpaired) electrons. The minimum atomic E-state index is -0.0350. The highest BCUT2D eigenvalue weighted by atomic mass is 79.9. The number of pyridine rings is 1. The Labute approximate surface area is 184 Å². The highest BCUT2D eigenvalue weighted by Gasteiger charge is 2.21. The van der Waals surface area contributed by atoms with Gasteiger partial charge < -0.3 is 9.47 Å². The van der Waals surface area contributed by atoms with Crippen LogP contribution in [0.4, 0.5) is 0 Å². The molecular formula is C24H24BrN3O2.